The van der Waals surface area contributed by atoms with Crippen LogP contribution in [-0.4, -0.2) is 44.2 Å². The highest BCUT2D eigenvalue weighted by atomic mass is 32.2. The van der Waals surface area contributed by atoms with E-state index in [1.807, 2.05) is 13.8 Å². The molecule has 0 unspecified atom stereocenters. The molecule has 0 radical (unpaired) electrons. The lowest BCUT2D eigenvalue weighted by atomic mass is 10.2. The minimum Gasteiger partial charge on any atom is -0.489 e. The molecule has 2 heterocycles. The van der Waals surface area contributed by atoms with Crippen molar-refractivity contribution in [1.82, 2.24) is 9.46 Å². The van der Waals surface area contributed by atoms with Crippen LogP contribution in [0.15, 0.2) is 33.7 Å². The predicted octanol–water partition coefficient (Wildman–Crippen LogP) is 1.89. The monoisotopic (exact) mass is 352 g/mol. The van der Waals surface area contributed by atoms with Crippen molar-refractivity contribution in [3.05, 3.63) is 41.3 Å². The lowest BCUT2D eigenvalue weighted by molar-refractivity contribution is 0.0730. The van der Waals surface area contributed by atoms with Crippen LogP contribution in [0.25, 0.3) is 0 Å². The number of hydrogen-bond acceptors (Lipinski definition) is 6. The Balaban J connectivity index is 1.69. The molecular formula is C16H20N2O5S. The van der Waals surface area contributed by atoms with Crippen LogP contribution in [0.3, 0.4) is 0 Å². The van der Waals surface area contributed by atoms with Gasteiger partial charge in [-0.25, -0.2) is 8.42 Å². The number of aryl methyl sites for hydroxylation is 2. The number of rotatable bonds is 5. The van der Waals surface area contributed by atoms with Gasteiger partial charge in [0, 0.05) is 13.1 Å². The fourth-order valence-electron chi connectivity index (χ4n) is 2.51. The van der Waals surface area contributed by atoms with Crippen molar-refractivity contribution in [3.8, 4) is 5.75 Å². The fraction of sp³-hybridized carbons (Fsp3) is 0.438. The van der Waals surface area contributed by atoms with E-state index in [9.17, 15) is 8.42 Å². The fourth-order valence-corrected chi connectivity index (χ4v) is 3.92. The first-order valence-electron chi connectivity index (χ1n) is 7.71. The van der Waals surface area contributed by atoms with Gasteiger partial charge >= 0.3 is 0 Å². The third-order valence-electron chi connectivity index (χ3n) is 4.00. The van der Waals surface area contributed by atoms with E-state index in [-0.39, 0.29) is 4.90 Å². The maximum absolute atomic E-state index is 12.5. The molecule has 0 N–H and O–H groups in total. The quantitative estimate of drug-likeness (QED) is 0.817. The minimum absolute atomic E-state index is 0.258. The largest absolute Gasteiger partial charge is 0.489 e. The van der Waals surface area contributed by atoms with Crippen molar-refractivity contribution in [2.75, 3.05) is 26.3 Å². The molecule has 0 aliphatic carbocycles. The number of aromatic nitrogens is 1. The third-order valence-corrected chi connectivity index (χ3v) is 5.91. The second-order valence-electron chi connectivity index (χ2n) is 5.58. The zero-order chi connectivity index (χ0) is 17.2. The molecule has 1 aromatic heterocycles. The molecule has 2 aromatic rings. The van der Waals surface area contributed by atoms with Gasteiger partial charge in [-0.1, -0.05) is 5.16 Å². The van der Waals surface area contributed by atoms with Crippen LogP contribution >= 0.6 is 0 Å². The lowest BCUT2D eigenvalue weighted by Crippen LogP contribution is -2.40. The van der Waals surface area contributed by atoms with Crippen molar-refractivity contribution in [3.63, 3.8) is 0 Å². The summed E-state index contributed by atoms with van der Waals surface area (Å²) < 4.78 is 42.5. The Morgan fingerprint density at radius 1 is 1.17 bits per heavy atom. The van der Waals surface area contributed by atoms with Crippen molar-refractivity contribution < 1.29 is 22.4 Å². The Morgan fingerprint density at radius 2 is 1.83 bits per heavy atom. The summed E-state index contributed by atoms with van der Waals surface area (Å²) in [6.45, 7) is 5.63. The molecule has 24 heavy (non-hydrogen) atoms. The summed E-state index contributed by atoms with van der Waals surface area (Å²) in [7, 11) is -3.48. The normalized spacial score (nSPS) is 16.2. The topological polar surface area (TPSA) is 81.9 Å². The van der Waals surface area contributed by atoms with Crippen LogP contribution in [0, 0.1) is 13.8 Å². The Hall–Kier alpha value is -1.90. The number of hydrogen-bond donors (Lipinski definition) is 0. The highest BCUT2D eigenvalue weighted by Gasteiger charge is 2.26. The SMILES string of the molecule is Cc1noc(C)c1COc1ccc(S(=O)(=O)N2CCOCC2)cc1. The Morgan fingerprint density at radius 3 is 2.42 bits per heavy atom. The molecule has 3 rings (SSSR count). The summed E-state index contributed by atoms with van der Waals surface area (Å²) in [5.41, 5.74) is 1.69. The number of nitrogens with zero attached hydrogens (tertiary/aromatic N) is 2. The van der Waals surface area contributed by atoms with Gasteiger partial charge in [0.1, 0.15) is 18.1 Å². The van der Waals surface area contributed by atoms with E-state index in [1.165, 1.54) is 4.31 Å². The summed E-state index contributed by atoms with van der Waals surface area (Å²) >= 11 is 0. The van der Waals surface area contributed by atoms with E-state index in [2.05, 4.69) is 5.16 Å². The molecule has 8 heteroatoms. The molecule has 1 aliphatic heterocycles. The summed E-state index contributed by atoms with van der Waals surface area (Å²) in [5, 5.41) is 3.88. The molecule has 1 aliphatic rings. The highest BCUT2D eigenvalue weighted by molar-refractivity contribution is 7.89. The minimum atomic E-state index is -3.48. The van der Waals surface area contributed by atoms with Crippen LogP contribution in [0.2, 0.25) is 0 Å². The molecule has 0 spiro atoms. The Labute approximate surface area is 141 Å². The summed E-state index contributed by atoms with van der Waals surface area (Å²) in [6.07, 6.45) is 0. The summed E-state index contributed by atoms with van der Waals surface area (Å²) in [4.78, 5) is 0.258. The van der Waals surface area contributed by atoms with Crippen molar-refractivity contribution in [2.45, 2.75) is 25.3 Å². The van der Waals surface area contributed by atoms with Crippen LogP contribution in [0.5, 0.6) is 5.75 Å². The average Bonchev–Trinajstić information content (AvgIpc) is 2.92. The smallest absolute Gasteiger partial charge is 0.243 e. The summed E-state index contributed by atoms with van der Waals surface area (Å²) in [5.74, 6) is 1.31. The number of ether oxygens (including phenoxy) is 2. The van der Waals surface area contributed by atoms with E-state index in [1.54, 1.807) is 24.3 Å². The van der Waals surface area contributed by atoms with Gasteiger partial charge < -0.3 is 14.0 Å². The second-order valence-corrected chi connectivity index (χ2v) is 7.52. The van der Waals surface area contributed by atoms with E-state index in [0.29, 0.717) is 38.7 Å². The first-order valence-corrected chi connectivity index (χ1v) is 9.15. The van der Waals surface area contributed by atoms with Crippen LogP contribution in [-0.2, 0) is 21.4 Å². The van der Waals surface area contributed by atoms with Gasteiger partial charge in [-0.2, -0.15) is 4.31 Å². The van der Waals surface area contributed by atoms with Gasteiger partial charge in [-0.05, 0) is 38.1 Å². The molecule has 0 atom stereocenters. The van der Waals surface area contributed by atoms with Gasteiger partial charge in [-0.15, -0.1) is 0 Å². The van der Waals surface area contributed by atoms with Gasteiger partial charge in [0.05, 0.1) is 29.4 Å². The summed E-state index contributed by atoms with van der Waals surface area (Å²) in [6, 6.07) is 6.44. The standard InChI is InChI=1S/C16H20N2O5S/c1-12-16(13(2)23-17-12)11-22-14-3-5-15(6-4-14)24(19,20)18-7-9-21-10-8-18/h3-6H,7-11H2,1-2H3. The lowest BCUT2D eigenvalue weighted by Gasteiger charge is -2.26. The molecule has 0 saturated carbocycles. The van der Waals surface area contributed by atoms with Crippen molar-refractivity contribution in [2.24, 2.45) is 0 Å². The predicted molar refractivity (Wildman–Crippen MR) is 86.3 cm³/mol. The van der Waals surface area contributed by atoms with Crippen molar-refractivity contribution in [1.29, 1.82) is 0 Å². The number of benzene rings is 1. The van der Waals surface area contributed by atoms with E-state index < -0.39 is 10.0 Å². The number of morpholine rings is 1. The van der Waals surface area contributed by atoms with E-state index >= 15 is 0 Å². The Bertz CT molecular complexity index is 773. The zero-order valence-corrected chi connectivity index (χ0v) is 14.5. The van der Waals surface area contributed by atoms with Gasteiger partial charge in [0.2, 0.25) is 10.0 Å². The molecule has 130 valence electrons. The molecule has 1 fully saturated rings. The highest BCUT2D eigenvalue weighted by Crippen LogP contribution is 2.22. The molecule has 1 aromatic carbocycles. The van der Waals surface area contributed by atoms with Gasteiger partial charge in [0.15, 0.2) is 0 Å². The second kappa shape index (κ2) is 6.92. The molecular weight excluding hydrogens is 332 g/mol. The maximum atomic E-state index is 12.5. The van der Waals surface area contributed by atoms with E-state index in [0.717, 1.165) is 17.0 Å². The zero-order valence-electron chi connectivity index (χ0n) is 13.7. The third kappa shape index (κ3) is 3.45. The molecule has 0 bridgehead atoms. The van der Waals surface area contributed by atoms with Gasteiger partial charge in [0.25, 0.3) is 0 Å². The van der Waals surface area contributed by atoms with Crippen molar-refractivity contribution >= 4 is 10.0 Å². The number of sulfonamides is 1. The molecule has 7 nitrogen and oxygen atoms in total. The van der Waals surface area contributed by atoms with Crippen LogP contribution < -0.4 is 4.74 Å². The first kappa shape index (κ1) is 16.9. The molecule has 1 saturated heterocycles. The van der Waals surface area contributed by atoms with E-state index in [4.69, 9.17) is 14.0 Å². The van der Waals surface area contributed by atoms with Crippen LogP contribution in [0.1, 0.15) is 17.0 Å². The first-order chi connectivity index (χ1) is 11.5. The van der Waals surface area contributed by atoms with Crippen LogP contribution in [0.4, 0.5) is 0 Å². The molecule has 0 amide bonds. The maximum Gasteiger partial charge on any atom is 0.243 e. The Kier molecular flexibility index (Phi) is 4.88. The van der Waals surface area contributed by atoms with Gasteiger partial charge in [-0.3, -0.25) is 0 Å². The average molecular weight is 352 g/mol.